The fourth-order valence-electron chi connectivity index (χ4n) is 1.61. The second-order valence-corrected chi connectivity index (χ2v) is 6.40. The zero-order valence-corrected chi connectivity index (χ0v) is 13.0. The Hall–Kier alpha value is -1.06. The molecule has 20 heavy (non-hydrogen) atoms. The molecule has 0 heterocycles. The minimum atomic E-state index is -3.56. The van der Waals surface area contributed by atoms with Gasteiger partial charge in [0, 0.05) is 12.1 Å². The van der Waals surface area contributed by atoms with Crippen LogP contribution in [0.3, 0.4) is 0 Å². The first kappa shape index (κ1) is 17.0. The smallest absolute Gasteiger partial charge is 0.242 e. The molecular weight excluding hydrogens is 296 g/mol. The second kappa shape index (κ2) is 8.28. The van der Waals surface area contributed by atoms with E-state index in [0.717, 1.165) is 19.3 Å². The van der Waals surface area contributed by atoms with Gasteiger partial charge in [0.05, 0.1) is 11.6 Å². The molecule has 6 heteroatoms. The summed E-state index contributed by atoms with van der Waals surface area (Å²) in [6.07, 6.45) is 2.84. The highest BCUT2D eigenvalue weighted by molar-refractivity contribution is 7.89. The molecule has 0 spiro atoms. The maximum absolute atomic E-state index is 12.1. The Labute approximate surface area is 125 Å². The number of nitrogens with two attached hydrogens (primary N) is 1. The van der Waals surface area contributed by atoms with E-state index in [1.807, 2.05) is 0 Å². The van der Waals surface area contributed by atoms with Gasteiger partial charge in [-0.25, -0.2) is 13.1 Å². The fraction of sp³-hybridized carbons (Fsp3) is 0.429. The molecule has 0 radical (unpaired) electrons. The highest BCUT2D eigenvalue weighted by Crippen LogP contribution is 2.22. The zero-order chi connectivity index (χ0) is 15.0. The van der Waals surface area contributed by atoms with Gasteiger partial charge in [-0.3, -0.25) is 0 Å². The first-order valence-corrected chi connectivity index (χ1v) is 8.35. The summed E-state index contributed by atoms with van der Waals surface area (Å²) in [6, 6.07) is 4.62. The van der Waals surface area contributed by atoms with Crippen LogP contribution in [0.1, 0.15) is 31.7 Å². The van der Waals surface area contributed by atoms with Crippen LogP contribution >= 0.6 is 11.6 Å². The molecule has 0 saturated heterocycles. The van der Waals surface area contributed by atoms with E-state index in [0.29, 0.717) is 12.1 Å². The maximum Gasteiger partial charge on any atom is 0.242 e. The van der Waals surface area contributed by atoms with Crippen molar-refractivity contribution in [2.75, 3.05) is 13.1 Å². The Morgan fingerprint density at radius 3 is 2.70 bits per heavy atom. The van der Waals surface area contributed by atoms with Crippen molar-refractivity contribution in [2.45, 2.75) is 31.1 Å². The summed E-state index contributed by atoms with van der Waals surface area (Å²) in [7, 11) is -3.56. The summed E-state index contributed by atoms with van der Waals surface area (Å²) in [5.41, 5.74) is 5.92. The highest BCUT2D eigenvalue weighted by Gasteiger charge is 2.17. The summed E-state index contributed by atoms with van der Waals surface area (Å²) in [6.45, 7) is 2.73. The molecule has 4 nitrogen and oxygen atoms in total. The van der Waals surface area contributed by atoms with Gasteiger partial charge in [-0.15, -0.1) is 0 Å². The van der Waals surface area contributed by atoms with Crippen molar-refractivity contribution < 1.29 is 8.42 Å². The molecule has 0 unspecified atom stereocenters. The lowest BCUT2D eigenvalue weighted by Crippen LogP contribution is -2.25. The van der Waals surface area contributed by atoms with Crippen LogP contribution in [0, 0.1) is 11.8 Å². The topological polar surface area (TPSA) is 72.2 Å². The van der Waals surface area contributed by atoms with E-state index in [4.69, 9.17) is 17.3 Å². The number of halogens is 1. The molecule has 110 valence electrons. The number of hydrogen-bond donors (Lipinski definition) is 2. The molecule has 0 amide bonds. The molecule has 0 aliphatic carbocycles. The third-order valence-electron chi connectivity index (χ3n) is 2.63. The highest BCUT2D eigenvalue weighted by atomic mass is 35.5. The predicted molar refractivity (Wildman–Crippen MR) is 82.1 cm³/mol. The molecule has 1 aromatic carbocycles. The number of rotatable bonds is 6. The summed E-state index contributed by atoms with van der Waals surface area (Å²) < 4.78 is 26.7. The van der Waals surface area contributed by atoms with Crippen molar-refractivity contribution in [2.24, 2.45) is 5.73 Å². The summed E-state index contributed by atoms with van der Waals surface area (Å²) in [5, 5.41) is 0.164. The van der Waals surface area contributed by atoms with Crippen LogP contribution in [0.2, 0.25) is 5.02 Å². The lowest BCUT2D eigenvalue weighted by atomic mass is 10.2. The Bertz CT molecular complexity index is 603. The summed E-state index contributed by atoms with van der Waals surface area (Å²) in [5.74, 6) is 5.50. The van der Waals surface area contributed by atoms with Gasteiger partial charge >= 0.3 is 0 Å². The Morgan fingerprint density at radius 1 is 1.35 bits per heavy atom. The van der Waals surface area contributed by atoms with Crippen LogP contribution in [0.15, 0.2) is 23.1 Å². The molecule has 1 rings (SSSR count). The number of hydrogen-bond acceptors (Lipinski definition) is 3. The van der Waals surface area contributed by atoms with E-state index >= 15 is 0 Å². The minimum Gasteiger partial charge on any atom is -0.320 e. The molecule has 0 atom stereocenters. The normalized spacial score (nSPS) is 10.9. The van der Waals surface area contributed by atoms with Crippen LogP contribution < -0.4 is 10.5 Å². The van der Waals surface area contributed by atoms with Crippen LogP contribution in [-0.4, -0.2) is 21.5 Å². The zero-order valence-electron chi connectivity index (χ0n) is 11.4. The second-order valence-electron chi connectivity index (χ2n) is 4.26. The molecule has 0 aliphatic heterocycles. The summed E-state index contributed by atoms with van der Waals surface area (Å²) in [4.78, 5) is 0.0777. The average Bonchev–Trinajstić information content (AvgIpc) is 2.41. The van der Waals surface area contributed by atoms with Gasteiger partial charge in [-0.05, 0) is 24.6 Å². The molecule has 0 saturated carbocycles. The van der Waals surface area contributed by atoms with E-state index in [1.165, 1.54) is 12.1 Å². The van der Waals surface area contributed by atoms with E-state index in [2.05, 4.69) is 23.5 Å². The molecule has 0 aliphatic rings. The molecule has 0 fully saturated rings. The average molecular weight is 315 g/mol. The van der Waals surface area contributed by atoms with Gasteiger partial charge in [0.15, 0.2) is 0 Å². The summed E-state index contributed by atoms with van der Waals surface area (Å²) >= 11 is 6.01. The van der Waals surface area contributed by atoms with Gasteiger partial charge in [0.25, 0.3) is 0 Å². The van der Waals surface area contributed by atoms with E-state index < -0.39 is 10.0 Å². The van der Waals surface area contributed by atoms with Gasteiger partial charge in [0.2, 0.25) is 10.0 Å². The Balaban J connectivity index is 2.85. The number of unbranched alkanes of at least 4 members (excludes halogenated alkanes) is 2. The van der Waals surface area contributed by atoms with Crippen LogP contribution in [-0.2, 0) is 10.0 Å². The molecule has 1 aromatic rings. The first-order valence-electron chi connectivity index (χ1n) is 6.49. The Kier molecular flexibility index (Phi) is 7.03. The van der Waals surface area contributed by atoms with Crippen LogP contribution in [0.25, 0.3) is 0 Å². The number of sulfonamides is 1. The number of benzene rings is 1. The lowest BCUT2D eigenvalue weighted by Gasteiger charge is -2.08. The van der Waals surface area contributed by atoms with Crippen LogP contribution in [0.4, 0.5) is 0 Å². The Morgan fingerprint density at radius 2 is 2.10 bits per heavy atom. The van der Waals surface area contributed by atoms with Gasteiger partial charge in [0.1, 0.15) is 4.90 Å². The predicted octanol–water partition coefficient (Wildman–Crippen LogP) is 2.12. The quantitative estimate of drug-likeness (QED) is 0.624. The van der Waals surface area contributed by atoms with Gasteiger partial charge in [-0.1, -0.05) is 43.2 Å². The number of nitrogens with one attached hydrogen (secondary N) is 1. The third-order valence-corrected chi connectivity index (χ3v) is 4.57. The largest absolute Gasteiger partial charge is 0.320 e. The monoisotopic (exact) mass is 314 g/mol. The van der Waals surface area contributed by atoms with Crippen molar-refractivity contribution >= 4 is 21.6 Å². The van der Waals surface area contributed by atoms with Crippen molar-refractivity contribution in [1.82, 2.24) is 4.72 Å². The maximum atomic E-state index is 12.1. The van der Waals surface area contributed by atoms with Crippen molar-refractivity contribution in [3.05, 3.63) is 28.8 Å². The molecule has 3 N–H and O–H groups in total. The van der Waals surface area contributed by atoms with Crippen LogP contribution in [0.5, 0.6) is 0 Å². The van der Waals surface area contributed by atoms with Crippen molar-refractivity contribution in [3.8, 4) is 11.8 Å². The molecule has 0 bridgehead atoms. The van der Waals surface area contributed by atoms with E-state index in [9.17, 15) is 8.42 Å². The minimum absolute atomic E-state index is 0.0777. The standard InChI is InChI=1S/C14H19ClN2O2S/c1-2-3-4-10-17-20(18,19)14-8-7-12(6-5-9-16)11-13(14)15/h7-8,11,17H,2-4,9-10,16H2,1H3. The third kappa shape index (κ3) is 5.14. The van der Waals surface area contributed by atoms with E-state index in [1.54, 1.807) is 6.07 Å². The molecule has 0 aromatic heterocycles. The lowest BCUT2D eigenvalue weighted by molar-refractivity contribution is 0.576. The van der Waals surface area contributed by atoms with Gasteiger partial charge in [-0.2, -0.15) is 0 Å². The fourth-order valence-corrected chi connectivity index (χ4v) is 3.23. The van der Waals surface area contributed by atoms with E-state index in [-0.39, 0.29) is 16.5 Å². The molecular formula is C14H19ClN2O2S. The van der Waals surface area contributed by atoms with Gasteiger partial charge < -0.3 is 5.73 Å². The SMILES string of the molecule is CCCCCNS(=O)(=O)c1ccc(C#CCN)cc1Cl. The van der Waals surface area contributed by atoms with Crippen molar-refractivity contribution in [1.29, 1.82) is 0 Å². The first-order chi connectivity index (χ1) is 9.51. The van der Waals surface area contributed by atoms with Crippen molar-refractivity contribution in [3.63, 3.8) is 0 Å².